The average molecular weight is 449 g/mol. The molecule has 0 fully saturated rings. The highest BCUT2D eigenvalue weighted by atomic mass is 35.5. The average Bonchev–Trinajstić information content (AvgIpc) is 3.04. The van der Waals surface area contributed by atoms with Gasteiger partial charge >= 0.3 is 0 Å². The number of hydrogen-bond donors (Lipinski definition) is 1. The number of halogens is 1. The number of carbonyl (C=O) groups is 1. The first kappa shape index (κ1) is 20.4. The minimum absolute atomic E-state index is 0.144. The number of nitrogens with one attached hydrogen (secondary N) is 1. The number of anilines is 1. The Bertz CT molecular complexity index is 1380. The summed E-state index contributed by atoms with van der Waals surface area (Å²) in [7, 11) is 0. The summed E-state index contributed by atoms with van der Waals surface area (Å²) < 4.78 is 3.41. The largest absolute Gasteiger partial charge is 0.325 e. The summed E-state index contributed by atoms with van der Waals surface area (Å²) in [6.07, 6.45) is 5.62. The minimum Gasteiger partial charge on any atom is -0.325 e. The zero-order valence-corrected chi connectivity index (χ0v) is 18.0. The molecule has 0 radical (unpaired) electrons. The number of para-hydroxylation sites is 1. The third-order valence-corrected chi connectivity index (χ3v) is 5.98. The molecule has 162 valence electrons. The molecule has 9 heteroatoms. The summed E-state index contributed by atoms with van der Waals surface area (Å²) in [5.74, 6) is 1.33. The van der Waals surface area contributed by atoms with Crippen LogP contribution in [0.15, 0.2) is 53.6 Å². The quantitative estimate of drug-likeness (QED) is 0.514. The third-order valence-electron chi connectivity index (χ3n) is 5.65. The lowest BCUT2D eigenvalue weighted by molar-refractivity contribution is -0.116. The number of amides is 1. The van der Waals surface area contributed by atoms with E-state index in [2.05, 4.69) is 25.1 Å². The van der Waals surface area contributed by atoms with Crippen LogP contribution < -0.4 is 10.9 Å². The van der Waals surface area contributed by atoms with Gasteiger partial charge in [-0.15, -0.1) is 10.2 Å². The summed E-state index contributed by atoms with van der Waals surface area (Å²) in [5, 5.41) is 12.6. The zero-order chi connectivity index (χ0) is 22.1. The molecule has 1 amide bonds. The first-order chi connectivity index (χ1) is 15.6. The van der Waals surface area contributed by atoms with Crippen LogP contribution in [-0.2, 0) is 24.3 Å². The van der Waals surface area contributed by atoms with Crippen LogP contribution in [-0.4, -0.2) is 30.2 Å². The molecular weight excluding hydrogens is 428 g/mol. The molecule has 0 bridgehead atoms. The lowest BCUT2D eigenvalue weighted by atomic mass is 10.1. The molecule has 1 N–H and O–H groups in total. The van der Waals surface area contributed by atoms with Gasteiger partial charge in [-0.3, -0.25) is 14.2 Å². The molecule has 32 heavy (non-hydrogen) atoms. The fourth-order valence-corrected chi connectivity index (χ4v) is 4.23. The van der Waals surface area contributed by atoms with Crippen LogP contribution in [0.3, 0.4) is 0 Å². The molecule has 5 rings (SSSR count). The van der Waals surface area contributed by atoms with E-state index in [4.69, 9.17) is 11.6 Å². The van der Waals surface area contributed by atoms with Gasteiger partial charge in [0.25, 0.3) is 5.56 Å². The standard InChI is InChI=1S/C23H21ClN6O2/c24-18-10-9-15(12-17(18)22-28-27-20-8-2-1-5-11-30(20)22)26-21(31)13-29-14-25-19-7-4-3-6-16(19)23(29)32/h3-4,6-7,9-10,12,14H,1-2,5,8,11,13H2,(H,26,31). The van der Waals surface area contributed by atoms with E-state index in [1.54, 1.807) is 36.4 Å². The van der Waals surface area contributed by atoms with Crippen molar-refractivity contribution in [2.24, 2.45) is 0 Å². The number of rotatable bonds is 4. The molecule has 1 aliphatic heterocycles. The number of nitrogens with zero attached hydrogens (tertiary/aromatic N) is 5. The van der Waals surface area contributed by atoms with Crippen LogP contribution in [0.1, 0.15) is 25.1 Å². The SMILES string of the molecule is O=C(Cn1cnc2ccccc2c1=O)Nc1ccc(Cl)c(-c2nnc3n2CCCCC3)c1. The van der Waals surface area contributed by atoms with Crippen LogP contribution in [0.2, 0.25) is 5.02 Å². The van der Waals surface area contributed by atoms with Gasteiger partial charge in [0, 0.05) is 24.2 Å². The lowest BCUT2D eigenvalue weighted by Gasteiger charge is -2.12. The van der Waals surface area contributed by atoms with E-state index in [9.17, 15) is 9.59 Å². The number of aromatic nitrogens is 5. The van der Waals surface area contributed by atoms with Crippen molar-refractivity contribution >= 4 is 34.1 Å². The van der Waals surface area contributed by atoms with Crippen molar-refractivity contribution in [3.8, 4) is 11.4 Å². The first-order valence-electron chi connectivity index (χ1n) is 10.6. The molecule has 0 aliphatic carbocycles. The van der Waals surface area contributed by atoms with Gasteiger partial charge < -0.3 is 9.88 Å². The minimum atomic E-state index is -0.336. The highest BCUT2D eigenvalue weighted by Gasteiger charge is 2.19. The van der Waals surface area contributed by atoms with E-state index >= 15 is 0 Å². The topological polar surface area (TPSA) is 94.7 Å². The highest BCUT2D eigenvalue weighted by Crippen LogP contribution is 2.31. The Balaban J connectivity index is 1.39. The fourth-order valence-electron chi connectivity index (χ4n) is 4.03. The monoisotopic (exact) mass is 448 g/mol. The normalized spacial score (nSPS) is 13.5. The second kappa shape index (κ2) is 8.55. The van der Waals surface area contributed by atoms with E-state index < -0.39 is 0 Å². The van der Waals surface area contributed by atoms with Crippen LogP contribution in [0, 0.1) is 0 Å². The summed E-state index contributed by atoms with van der Waals surface area (Å²) in [4.78, 5) is 29.6. The Hall–Kier alpha value is -3.52. The van der Waals surface area contributed by atoms with Crippen molar-refractivity contribution in [2.75, 3.05) is 5.32 Å². The number of fused-ring (bicyclic) bond motifs is 2. The predicted octanol–water partition coefficient (Wildman–Crippen LogP) is 3.67. The van der Waals surface area contributed by atoms with Crippen molar-refractivity contribution in [3.05, 3.63) is 70.0 Å². The number of carbonyl (C=O) groups excluding carboxylic acids is 1. The molecule has 4 aromatic rings. The molecule has 0 saturated carbocycles. The highest BCUT2D eigenvalue weighted by molar-refractivity contribution is 6.33. The van der Waals surface area contributed by atoms with Gasteiger partial charge in [-0.2, -0.15) is 0 Å². The first-order valence-corrected chi connectivity index (χ1v) is 10.9. The van der Waals surface area contributed by atoms with Gasteiger partial charge in [-0.1, -0.05) is 30.2 Å². The smallest absolute Gasteiger partial charge is 0.261 e. The fraction of sp³-hybridized carbons (Fsp3) is 0.261. The van der Waals surface area contributed by atoms with Crippen LogP contribution in [0.4, 0.5) is 5.69 Å². The predicted molar refractivity (Wildman–Crippen MR) is 123 cm³/mol. The maximum absolute atomic E-state index is 12.7. The Morgan fingerprint density at radius 1 is 1.09 bits per heavy atom. The maximum Gasteiger partial charge on any atom is 0.261 e. The molecule has 0 saturated heterocycles. The Morgan fingerprint density at radius 2 is 1.97 bits per heavy atom. The Morgan fingerprint density at radius 3 is 2.88 bits per heavy atom. The molecule has 2 aromatic carbocycles. The van der Waals surface area contributed by atoms with Gasteiger partial charge in [-0.05, 0) is 43.2 Å². The second-order valence-electron chi connectivity index (χ2n) is 7.84. The molecule has 1 aliphatic rings. The van der Waals surface area contributed by atoms with Crippen LogP contribution in [0.25, 0.3) is 22.3 Å². The molecule has 0 atom stereocenters. The molecular formula is C23H21ClN6O2. The van der Waals surface area contributed by atoms with Gasteiger partial charge in [0.05, 0.1) is 22.3 Å². The van der Waals surface area contributed by atoms with Crippen molar-refractivity contribution in [1.82, 2.24) is 24.3 Å². The zero-order valence-electron chi connectivity index (χ0n) is 17.3. The molecule has 3 heterocycles. The van der Waals surface area contributed by atoms with Crippen molar-refractivity contribution in [3.63, 3.8) is 0 Å². The third kappa shape index (κ3) is 3.89. The number of benzene rings is 2. The summed E-state index contributed by atoms with van der Waals surface area (Å²) in [6.45, 7) is 0.706. The second-order valence-corrected chi connectivity index (χ2v) is 8.25. The van der Waals surface area contributed by atoms with Crippen molar-refractivity contribution < 1.29 is 4.79 Å². The van der Waals surface area contributed by atoms with E-state index in [0.717, 1.165) is 43.6 Å². The molecule has 0 spiro atoms. The van der Waals surface area contributed by atoms with E-state index in [0.29, 0.717) is 27.4 Å². The van der Waals surface area contributed by atoms with E-state index in [1.165, 1.54) is 10.9 Å². The van der Waals surface area contributed by atoms with Gasteiger partial charge in [0.2, 0.25) is 5.91 Å². The summed E-state index contributed by atoms with van der Waals surface area (Å²) in [6, 6.07) is 12.3. The van der Waals surface area contributed by atoms with Gasteiger partial charge in [0.15, 0.2) is 5.82 Å². The Labute approximate surface area is 188 Å². The molecule has 8 nitrogen and oxygen atoms in total. The van der Waals surface area contributed by atoms with Crippen LogP contribution >= 0.6 is 11.6 Å². The van der Waals surface area contributed by atoms with Crippen molar-refractivity contribution in [1.29, 1.82) is 0 Å². The summed E-state index contributed by atoms with van der Waals surface area (Å²) in [5.41, 5.74) is 1.63. The van der Waals surface area contributed by atoms with Crippen LogP contribution in [0.5, 0.6) is 0 Å². The number of hydrogen-bond acceptors (Lipinski definition) is 5. The van der Waals surface area contributed by atoms with Crippen molar-refractivity contribution in [2.45, 2.75) is 38.8 Å². The Kier molecular flexibility index (Phi) is 5.45. The summed E-state index contributed by atoms with van der Waals surface area (Å²) >= 11 is 6.47. The van der Waals surface area contributed by atoms with Gasteiger partial charge in [-0.25, -0.2) is 4.98 Å². The lowest BCUT2D eigenvalue weighted by Crippen LogP contribution is -2.27. The molecule has 0 unspecified atom stereocenters. The van der Waals surface area contributed by atoms with E-state index in [-0.39, 0.29) is 18.0 Å². The van der Waals surface area contributed by atoms with E-state index in [1.807, 2.05) is 6.07 Å². The number of aryl methyl sites for hydroxylation is 1. The molecule has 2 aromatic heterocycles. The van der Waals surface area contributed by atoms with Gasteiger partial charge in [0.1, 0.15) is 12.4 Å². The maximum atomic E-state index is 12.7.